The van der Waals surface area contributed by atoms with Crippen molar-refractivity contribution in [1.82, 2.24) is 5.32 Å². The molecular formula is C18H26ClN. The Morgan fingerprint density at radius 2 is 2.05 bits per heavy atom. The minimum absolute atomic E-state index is 0.529. The molecule has 0 aromatic heterocycles. The Morgan fingerprint density at radius 3 is 2.75 bits per heavy atom. The van der Waals surface area contributed by atoms with Crippen molar-refractivity contribution < 1.29 is 0 Å². The van der Waals surface area contributed by atoms with Crippen LogP contribution in [0.25, 0.3) is 0 Å². The van der Waals surface area contributed by atoms with E-state index in [1.165, 1.54) is 50.6 Å². The zero-order chi connectivity index (χ0) is 14.0. The first-order valence-electron chi connectivity index (χ1n) is 8.20. The molecule has 0 amide bonds. The van der Waals surface area contributed by atoms with Crippen molar-refractivity contribution in [3.8, 4) is 0 Å². The Kier molecular flexibility index (Phi) is 4.37. The third-order valence-electron chi connectivity index (χ3n) is 5.82. The molecule has 1 unspecified atom stereocenters. The molecule has 1 aromatic carbocycles. The molecule has 1 aliphatic carbocycles. The van der Waals surface area contributed by atoms with Crippen LogP contribution in [0.5, 0.6) is 0 Å². The van der Waals surface area contributed by atoms with Crippen LogP contribution in [0.3, 0.4) is 0 Å². The summed E-state index contributed by atoms with van der Waals surface area (Å²) >= 11 is 6.22. The molecule has 20 heavy (non-hydrogen) atoms. The molecule has 1 N–H and O–H groups in total. The quantitative estimate of drug-likeness (QED) is 0.808. The van der Waals surface area contributed by atoms with Gasteiger partial charge in [0.15, 0.2) is 0 Å². The third kappa shape index (κ3) is 2.76. The van der Waals surface area contributed by atoms with Crippen molar-refractivity contribution in [2.75, 3.05) is 13.1 Å². The third-order valence-corrected chi connectivity index (χ3v) is 6.05. The van der Waals surface area contributed by atoms with Gasteiger partial charge < -0.3 is 5.32 Å². The number of hydrogen-bond acceptors (Lipinski definition) is 1. The van der Waals surface area contributed by atoms with Crippen molar-refractivity contribution in [1.29, 1.82) is 0 Å². The highest BCUT2D eigenvalue weighted by Gasteiger charge is 2.43. The lowest BCUT2D eigenvalue weighted by molar-refractivity contribution is 0.0783. The van der Waals surface area contributed by atoms with E-state index < -0.39 is 0 Å². The maximum absolute atomic E-state index is 6.22. The first kappa shape index (κ1) is 14.4. The first-order chi connectivity index (χ1) is 9.73. The van der Waals surface area contributed by atoms with E-state index >= 15 is 0 Å². The maximum Gasteiger partial charge on any atom is 0.0408 e. The highest BCUT2D eigenvalue weighted by atomic mass is 35.5. The second kappa shape index (κ2) is 6.07. The first-order valence-corrected chi connectivity index (χ1v) is 8.57. The van der Waals surface area contributed by atoms with Crippen LogP contribution in [0.1, 0.15) is 56.9 Å². The lowest BCUT2D eigenvalue weighted by Gasteiger charge is -2.49. The molecular weight excluding hydrogens is 266 g/mol. The highest BCUT2D eigenvalue weighted by Crippen LogP contribution is 2.52. The largest absolute Gasteiger partial charge is 0.316 e. The topological polar surface area (TPSA) is 12.0 Å². The van der Waals surface area contributed by atoms with Gasteiger partial charge in [-0.2, -0.15) is 0 Å². The second-order valence-corrected chi connectivity index (χ2v) is 7.21. The van der Waals surface area contributed by atoms with E-state index in [4.69, 9.17) is 11.6 Å². The zero-order valence-corrected chi connectivity index (χ0v) is 13.3. The summed E-state index contributed by atoms with van der Waals surface area (Å²) in [6, 6.07) is 8.56. The molecule has 1 heterocycles. The normalized spacial score (nSPS) is 34.3. The Bertz CT molecular complexity index is 448. The van der Waals surface area contributed by atoms with Crippen LogP contribution in [0, 0.1) is 11.3 Å². The number of halogens is 1. The van der Waals surface area contributed by atoms with Crippen molar-refractivity contribution in [2.24, 2.45) is 11.3 Å². The van der Waals surface area contributed by atoms with E-state index in [0.29, 0.717) is 11.3 Å². The van der Waals surface area contributed by atoms with E-state index in [1.807, 2.05) is 6.07 Å². The summed E-state index contributed by atoms with van der Waals surface area (Å²) in [6.45, 7) is 4.66. The smallest absolute Gasteiger partial charge is 0.0408 e. The summed E-state index contributed by atoms with van der Waals surface area (Å²) in [5.74, 6) is 1.61. The molecule has 1 spiro atoms. The fraction of sp³-hybridized carbons (Fsp3) is 0.667. The van der Waals surface area contributed by atoms with Crippen LogP contribution >= 0.6 is 11.6 Å². The second-order valence-electron chi connectivity index (χ2n) is 6.78. The predicted octanol–water partition coefficient (Wildman–Crippen LogP) is 5.00. The van der Waals surface area contributed by atoms with Crippen LogP contribution in [-0.2, 0) is 0 Å². The van der Waals surface area contributed by atoms with Gasteiger partial charge >= 0.3 is 0 Å². The Balaban J connectivity index is 1.84. The lowest BCUT2D eigenvalue weighted by atomic mass is 9.59. The van der Waals surface area contributed by atoms with Gasteiger partial charge in [-0.25, -0.2) is 0 Å². The molecule has 2 heteroatoms. The van der Waals surface area contributed by atoms with Gasteiger partial charge in [-0.3, -0.25) is 0 Å². The molecule has 1 nitrogen and oxygen atoms in total. The van der Waals surface area contributed by atoms with Crippen LogP contribution in [0.15, 0.2) is 24.3 Å². The van der Waals surface area contributed by atoms with Gasteiger partial charge in [0.1, 0.15) is 0 Å². The summed E-state index contributed by atoms with van der Waals surface area (Å²) in [4.78, 5) is 0. The van der Waals surface area contributed by atoms with E-state index in [1.54, 1.807) is 0 Å². The van der Waals surface area contributed by atoms with Gasteiger partial charge in [0.05, 0.1) is 0 Å². The highest BCUT2D eigenvalue weighted by molar-refractivity contribution is 6.30. The summed E-state index contributed by atoms with van der Waals surface area (Å²) in [7, 11) is 0. The molecule has 0 bridgehead atoms. The minimum Gasteiger partial charge on any atom is -0.316 e. The monoisotopic (exact) mass is 291 g/mol. The van der Waals surface area contributed by atoms with Crippen molar-refractivity contribution in [3.63, 3.8) is 0 Å². The van der Waals surface area contributed by atoms with Crippen LogP contribution in [0.2, 0.25) is 5.02 Å². The Labute approximate surface area is 128 Å². The Morgan fingerprint density at radius 1 is 1.25 bits per heavy atom. The van der Waals surface area contributed by atoms with Crippen LogP contribution < -0.4 is 5.32 Å². The summed E-state index contributed by atoms with van der Waals surface area (Å²) in [6.07, 6.45) is 8.35. The lowest BCUT2D eigenvalue weighted by Crippen LogP contribution is -2.45. The van der Waals surface area contributed by atoms with E-state index in [9.17, 15) is 0 Å². The fourth-order valence-corrected chi connectivity index (χ4v) is 4.63. The maximum atomic E-state index is 6.22. The molecule has 1 saturated heterocycles. The molecule has 2 aliphatic rings. The predicted molar refractivity (Wildman–Crippen MR) is 86.4 cm³/mol. The molecule has 3 rings (SSSR count). The number of rotatable bonds is 2. The van der Waals surface area contributed by atoms with Crippen molar-refractivity contribution >= 4 is 11.6 Å². The summed E-state index contributed by atoms with van der Waals surface area (Å²) in [5, 5.41) is 4.49. The summed E-state index contributed by atoms with van der Waals surface area (Å²) < 4.78 is 0. The van der Waals surface area contributed by atoms with Gasteiger partial charge in [-0.15, -0.1) is 0 Å². The van der Waals surface area contributed by atoms with E-state index in [0.717, 1.165) is 17.5 Å². The minimum atomic E-state index is 0.529. The molecule has 1 saturated carbocycles. The molecule has 2 fully saturated rings. The Hall–Kier alpha value is -0.530. The number of hydrogen-bond donors (Lipinski definition) is 1. The van der Waals surface area contributed by atoms with Crippen LogP contribution in [0.4, 0.5) is 0 Å². The average molecular weight is 292 g/mol. The van der Waals surface area contributed by atoms with Crippen LogP contribution in [-0.4, -0.2) is 13.1 Å². The average Bonchev–Trinajstić information content (AvgIpc) is 2.48. The molecule has 1 aliphatic heterocycles. The fourth-order valence-electron chi connectivity index (χ4n) is 4.43. The SMILES string of the molecule is CCC1CCC2(CCNCC2c2cccc(Cl)c2)CC1. The molecule has 1 aromatic rings. The zero-order valence-electron chi connectivity index (χ0n) is 12.5. The number of benzene rings is 1. The standard InChI is InChI=1S/C18H26ClN/c1-2-14-6-8-18(9-7-14)10-11-20-13-17(18)15-4-3-5-16(19)12-15/h3-5,12,14,17,20H,2,6-11,13H2,1H3. The number of piperidine rings is 1. The van der Waals surface area contributed by atoms with Gasteiger partial charge in [0.2, 0.25) is 0 Å². The van der Waals surface area contributed by atoms with Gasteiger partial charge in [0, 0.05) is 17.5 Å². The van der Waals surface area contributed by atoms with E-state index in [2.05, 4.69) is 30.4 Å². The molecule has 1 atom stereocenters. The molecule has 110 valence electrons. The van der Waals surface area contributed by atoms with Crippen molar-refractivity contribution in [3.05, 3.63) is 34.9 Å². The number of nitrogens with one attached hydrogen (secondary N) is 1. The van der Waals surface area contributed by atoms with Crippen molar-refractivity contribution in [2.45, 2.75) is 51.4 Å². The van der Waals surface area contributed by atoms with E-state index in [-0.39, 0.29) is 0 Å². The molecule has 0 radical (unpaired) electrons. The van der Waals surface area contributed by atoms with Gasteiger partial charge in [0.25, 0.3) is 0 Å². The summed E-state index contributed by atoms with van der Waals surface area (Å²) in [5.41, 5.74) is 1.97. The van der Waals surface area contributed by atoms with Gasteiger partial charge in [-0.1, -0.05) is 37.1 Å². The van der Waals surface area contributed by atoms with Gasteiger partial charge in [-0.05, 0) is 67.7 Å².